The van der Waals surface area contributed by atoms with Crippen LogP contribution < -0.4 is 4.90 Å². The predicted octanol–water partition coefficient (Wildman–Crippen LogP) is 2.78. The lowest BCUT2D eigenvalue weighted by molar-refractivity contribution is 0.0600. The molecule has 0 amide bonds. The van der Waals surface area contributed by atoms with Crippen LogP contribution in [0.3, 0.4) is 0 Å². The SMILES string of the molecule is COC(=O)c1ccc(Cl)c(S(=O)(=O)N2CCN(c3ccc(F)cc3)CC2)c1. The molecule has 1 fully saturated rings. The van der Waals surface area contributed by atoms with Gasteiger partial charge in [0.25, 0.3) is 0 Å². The standard InChI is InChI=1S/C18H18ClFN2O4S/c1-26-18(23)13-2-7-16(19)17(12-13)27(24,25)22-10-8-21(9-11-22)15-5-3-14(20)4-6-15/h2-7,12H,8-11H2,1H3. The number of halogens is 2. The Hall–Kier alpha value is -2.16. The Morgan fingerprint density at radius 3 is 2.30 bits per heavy atom. The fourth-order valence-electron chi connectivity index (χ4n) is 2.92. The van der Waals surface area contributed by atoms with E-state index in [4.69, 9.17) is 11.6 Å². The molecule has 6 nitrogen and oxygen atoms in total. The molecule has 0 bridgehead atoms. The molecule has 0 atom stereocenters. The average molecular weight is 413 g/mol. The van der Waals surface area contributed by atoms with E-state index in [0.717, 1.165) is 5.69 Å². The maximum atomic E-state index is 13.1. The van der Waals surface area contributed by atoms with Crippen LogP contribution in [0.25, 0.3) is 0 Å². The first-order valence-electron chi connectivity index (χ1n) is 8.21. The highest BCUT2D eigenvalue weighted by Gasteiger charge is 2.31. The van der Waals surface area contributed by atoms with Crippen LogP contribution in [0.4, 0.5) is 10.1 Å². The van der Waals surface area contributed by atoms with E-state index in [0.29, 0.717) is 13.1 Å². The van der Waals surface area contributed by atoms with Gasteiger partial charge in [-0.25, -0.2) is 17.6 Å². The molecule has 0 spiro atoms. The van der Waals surface area contributed by atoms with Gasteiger partial charge in [-0.1, -0.05) is 11.6 Å². The third kappa shape index (κ3) is 4.07. The third-order valence-electron chi connectivity index (χ3n) is 4.40. The molecule has 0 unspecified atom stereocenters. The molecule has 9 heteroatoms. The van der Waals surface area contributed by atoms with E-state index in [2.05, 4.69) is 4.74 Å². The van der Waals surface area contributed by atoms with E-state index in [9.17, 15) is 17.6 Å². The average Bonchev–Trinajstić information content (AvgIpc) is 2.68. The molecular formula is C18H18ClFN2O4S. The number of rotatable bonds is 4. The maximum absolute atomic E-state index is 13.1. The summed E-state index contributed by atoms with van der Waals surface area (Å²) < 4.78 is 45.0. The second kappa shape index (κ2) is 7.84. The first kappa shape index (κ1) is 19.6. The van der Waals surface area contributed by atoms with Crippen LogP contribution in [0.15, 0.2) is 47.4 Å². The van der Waals surface area contributed by atoms with Crippen molar-refractivity contribution in [3.8, 4) is 0 Å². The topological polar surface area (TPSA) is 66.9 Å². The molecule has 0 aromatic heterocycles. The molecule has 1 aliphatic heterocycles. The van der Waals surface area contributed by atoms with Crippen molar-refractivity contribution < 1.29 is 22.3 Å². The van der Waals surface area contributed by atoms with Crippen molar-refractivity contribution in [1.82, 2.24) is 4.31 Å². The number of esters is 1. The van der Waals surface area contributed by atoms with Crippen LogP contribution in [0.2, 0.25) is 5.02 Å². The summed E-state index contributed by atoms with van der Waals surface area (Å²) in [4.78, 5) is 13.6. The van der Waals surface area contributed by atoms with E-state index in [1.54, 1.807) is 12.1 Å². The Balaban J connectivity index is 1.79. The molecule has 0 N–H and O–H groups in total. The van der Waals surface area contributed by atoms with Crippen LogP contribution in [-0.4, -0.2) is 52.0 Å². The zero-order valence-electron chi connectivity index (χ0n) is 14.6. The molecule has 0 radical (unpaired) electrons. The van der Waals surface area contributed by atoms with E-state index >= 15 is 0 Å². The number of hydrogen-bond acceptors (Lipinski definition) is 5. The fraction of sp³-hybridized carbons (Fsp3) is 0.278. The van der Waals surface area contributed by atoms with Gasteiger partial charge in [0.05, 0.1) is 17.7 Å². The lowest BCUT2D eigenvalue weighted by atomic mass is 10.2. The minimum atomic E-state index is -3.86. The number of piperazine rings is 1. The second-order valence-corrected chi connectivity index (χ2v) is 8.32. The lowest BCUT2D eigenvalue weighted by Crippen LogP contribution is -2.48. The molecule has 1 saturated heterocycles. The summed E-state index contributed by atoms with van der Waals surface area (Å²) in [6.07, 6.45) is 0. The monoisotopic (exact) mass is 412 g/mol. The van der Waals surface area contributed by atoms with Crippen molar-refractivity contribution in [3.05, 3.63) is 58.9 Å². The number of nitrogens with zero attached hydrogens (tertiary/aromatic N) is 2. The largest absolute Gasteiger partial charge is 0.465 e. The Labute approximate surface area is 162 Å². The number of methoxy groups -OCH3 is 1. The van der Waals surface area contributed by atoms with Crippen LogP contribution in [0.1, 0.15) is 10.4 Å². The fourth-order valence-corrected chi connectivity index (χ4v) is 4.85. The van der Waals surface area contributed by atoms with Gasteiger partial charge in [0.1, 0.15) is 10.7 Å². The second-order valence-electron chi connectivity index (χ2n) is 6.00. The number of carbonyl (C=O) groups is 1. The maximum Gasteiger partial charge on any atom is 0.337 e. The highest BCUT2D eigenvalue weighted by molar-refractivity contribution is 7.89. The van der Waals surface area contributed by atoms with Crippen molar-refractivity contribution in [2.24, 2.45) is 0 Å². The van der Waals surface area contributed by atoms with E-state index in [1.165, 1.54) is 41.7 Å². The number of anilines is 1. The van der Waals surface area contributed by atoms with Crippen LogP contribution >= 0.6 is 11.6 Å². The minimum absolute atomic E-state index is 0.0450. The smallest absolute Gasteiger partial charge is 0.337 e. The summed E-state index contributed by atoms with van der Waals surface area (Å²) >= 11 is 6.08. The number of hydrogen-bond donors (Lipinski definition) is 0. The van der Waals surface area contributed by atoms with Gasteiger partial charge >= 0.3 is 5.97 Å². The van der Waals surface area contributed by atoms with E-state index < -0.39 is 16.0 Å². The molecular weight excluding hydrogens is 395 g/mol. The Bertz CT molecular complexity index is 942. The molecule has 1 heterocycles. The van der Waals surface area contributed by atoms with Crippen LogP contribution in [0.5, 0.6) is 0 Å². The number of sulfonamides is 1. The highest BCUT2D eigenvalue weighted by atomic mass is 35.5. The zero-order valence-corrected chi connectivity index (χ0v) is 16.1. The quantitative estimate of drug-likeness (QED) is 0.722. The number of carbonyl (C=O) groups excluding carboxylic acids is 1. The Morgan fingerprint density at radius 1 is 1.07 bits per heavy atom. The molecule has 0 aliphatic carbocycles. The third-order valence-corrected chi connectivity index (χ3v) is 6.78. The summed E-state index contributed by atoms with van der Waals surface area (Å²) in [5.74, 6) is -0.954. The molecule has 1 aliphatic rings. The van der Waals surface area contributed by atoms with Crippen LogP contribution in [-0.2, 0) is 14.8 Å². The predicted molar refractivity (Wildman–Crippen MR) is 100 cm³/mol. The van der Waals surface area contributed by atoms with E-state index in [-0.39, 0.29) is 34.4 Å². The normalized spacial score (nSPS) is 15.6. The van der Waals surface area contributed by atoms with Crippen LogP contribution in [0, 0.1) is 5.82 Å². The van der Waals surface area contributed by atoms with Gasteiger partial charge in [0.2, 0.25) is 10.0 Å². The van der Waals surface area contributed by atoms with Gasteiger partial charge in [0, 0.05) is 31.9 Å². The molecule has 27 heavy (non-hydrogen) atoms. The van der Waals surface area contributed by atoms with Crippen molar-refractivity contribution in [2.45, 2.75) is 4.90 Å². The number of benzene rings is 2. The van der Waals surface area contributed by atoms with Gasteiger partial charge in [-0.05, 0) is 42.5 Å². The summed E-state index contributed by atoms with van der Waals surface area (Å²) in [5.41, 5.74) is 0.949. The highest BCUT2D eigenvalue weighted by Crippen LogP contribution is 2.28. The molecule has 3 rings (SSSR count). The summed E-state index contributed by atoms with van der Waals surface area (Å²) in [7, 11) is -2.64. The van der Waals surface area contributed by atoms with Crippen molar-refractivity contribution >= 4 is 33.3 Å². The zero-order chi connectivity index (χ0) is 19.6. The summed E-state index contributed by atoms with van der Waals surface area (Å²) in [6.45, 7) is 1.41. The van der Waals surface area contributed by atoms with Gasteiger partial charge in [-0.15, -0.1) is 0 Å². The van der Waals surface area contributed by atoms with Crippen molar-refractivity contribution in [1.29, 1.82) is 0 Å². The van der Waals surface area contributed by atoms with Crippen molar-refractivity contribution in [2.75, 3.05) is 38.2 Å². The lowest BCUT2D eigenvalue weighted by Gasteiger charge is -2.35. The van der Waals surface area contributed by atoms with Gasteiger partial charge in [-0.2, -0.15) is 4.31 Å². The van der Waals surface area contributed by atoms with E-state index in [1.807, 2.05) is 4.90 Å². The van der Waals surface area contributed by atoms with Gasteiger partial charge in [-0.3, -0.25) is 0 Å². The Kier molecular flexibility index (Phi) is 5.69. The molecule has 2 aromatic carbocycles. The molecule has 144 valence electrons. The molecule has 0 saturated carbocycles. The summed E-state index contributed by atoms with van der Waals surface area (Å²) in [5, 5.41) is 0.0450. The Morgan fingerprint density at radius 2 is 1.70 bits per heavy atom. The van der Waals surface area contributed by atoms with Gasteiger partial charge in [0.15, 0.2) is 0 Å². The first-order valence-corrected chi connectivity index (χ1v) is 10.0. The summed E-state index contributed by atoms with van der Waals surface area (Å²) in [6, 6.07) is 10.1. The minimum Gasteiger partial charge on any atom is -0.465 e. The molecule has 2 aromatic rings. The van der Waals surface area contributed by atoms with Gasteiger partial charge < -0.3 is 9.64 Å². The first-order chi connectivity index (χ1) is 12.8. The van der Waals surface area contributed by atoms with Crippen molar-refractivity contribution in [3.63, 3.8) is 0 Å². The number of ether oxygens (including phenoxy) is 1.